The summed E-state index contributed by atoms with van der Waals surface area (Å²) < 4.78 is 23.4. The van der Waals surface area contributed by atoms with Crippen molar-refractivity contribution >= 4 is 39.8 Å². The summed E-state index contributed by atoms with van der Waals surface area (Å²) >= 11 is 5.99. The molecule has 0 saturated heterocycles. The van der Waals surface area contributed by atoms with Crippen LogP contribution in [0, 0.1) is 0 Å². The van der Waals surface area contributed by atoms with Crippen molar-refractivity contribution in [3.8, 4) is 0 Å². The molecule has 0 aliphatic rings. The molecule has 0 unspecified atom stereocenters. The Bertz CT molecular complexity index is 1110. The van der Waals surface area contributed by atoms with Gasteiger partial charge in [-0.1, -0.05) is 11.6 Å². The molecule has 0 aromatic carbocycles. The zero-order valence-electron chi connectivity index (χ0n) is 17.2. The number of nitrogens with one attached hydrogen (secondary N) is 2. The van der Waals surface area contributed by atoms with Crippen molar-refractivity contribution in [3.63, 3.8) is 0 Å². The van der Waals surface area contributed by atoms with Crippen LogP contribution in [0.5, 0.6) is 0 Å². The average Bonchev–Trinajstić information content (AvgIpc) is 2.60. The molecule has 0 aliphatic carbocycles. The number of hydrogen-bond acceptors (Lipinski definition) is 6. The summed E-state index contributed by atoms with van der Waals surface area (Å²) in [6, 6.07) is 6.39. The van der Waals surface area contributed by atoms with Gasteiger partial charge in [0.2, 0.25) is 0 Å². The van der Waals surface area contributed by atoms with Crippen molar-refractivity contribution < 1.29 is 9.22 Å². The van der Waals surface area contributed by atoms with Crippen LogP contribution in [0.15, 0.2) is 41.5 Å². The molecule has 0 bridgehead atoms. The molecule has 3 aromatic rings. The van der Waals surface area contributed by atoms with Gasteiger partial charge in [-0.3, -0.25) is 4.79 Å². The van der Waals surface area contributed by atoms with Crippen molar-refractivity contribution in [1.29, 1.82) is 0 Å². The zero-order valence-corrected chi connectivity index (χ0v) is 15.0. The van der Waals surface area contributed by atoms with E-state index in [9.17, 15) is 9.90 Å². The van der Waals surface area contributed by atoms with Crippen LogP contribution in [0.2, 0.25) is 5.02 Å². The molecule has 0 spiro atoms. The maximum absolute atomic E-state index is 12.9. The van der Waals surface area contributed by atoms with Crippen molar-refractivity contribution in [2.75, 3.05) is 17.2 Å². The summed E-state index contributed by atoms with van der Waals surface area (Å²) in [4.78, 5) is 21.5. The minimum atomic E-state index is -2.63. The number of halogens is 1. The van der Waals surface area contributed by atoms with Crippen molar-refractivity contribution in [2.24, 2.45) is 6.98 Å². The second-order valence-corrected chi connectivity index (χ2v) is 6.90. The lowest BCUT2D eigenvalue weighted by Crippen LogP contribution is -2.36. The number of anilines is 3. The molecule has 3 heterocycles. The second kappa shape index (κ2) is 6.93. The third-order valence-corrected chi connectivity index (χ3v) is 3.95. The molecule has 0 saturated carbocycles. The van der Waals surface area contributed by atoms with Crippen molar-refractivity contribution in [3.05, 3.63) is 52.0 Å². The Labute approximate surface area is 159 Å². The fraction of sp³-hybridized carbons (Fsp3) is 0.278. The minimum absolute atomic E-state index is 0.106. The Morgan fingerprint density at radius 3 is 2.85 bits per heavy atom. The van der Waals surface area contributed by atoms with Crippen LogP contribution < -0.4 is 16.2 Å². The Morgan fingerprint density at radius 2 is 2.15 bits per heavy atom. The van der Waals surface area contributed by atoms with Crippen molar-refractivity contribution in [2.45, 2.75) is 19.4 Å². The van der Waals surface area contributed by atoms with Crippen LogP contribution >= 0.6 is 11.6 Å². The predicted octanol–water partition coefficient (Wildman–Crippen LogP) is 2.91. The summed E-state index contributed by atoms with van der Waals surface area (Å²) in [5.41, 5.74) is -1.52. The molecule has 0 radical (unpaired) electrons. The van der Waals surface area contributed by atoms with Gasteiger partial charge in [0.05, 0.1) is 17.5 Å². The van der Waals surface area contributed by atoms with Crippen LogP contribution in [0.25, 0.3) is 10.8 Å². The Balaban J connectivity index is 2.20. The molecule has 0 atom stereocenters. The van der Waals surface area contributed by atoms with Crippen LogP contribution in [-0.2, 0) is 6.98 Å². The predicted molar refractivity (Wildman–Crippen MR) is 104 cm³/mol. The highest BCUT2D eigenvalue weighted by Gasteiger charge is 2.20. The van der Waals surface area contributed by atoms with Crippen LogP contribution in [-0.4, -0.2) is 31.8 Å². The van der Waals surface area contributed by atoms with Gasteiger partial charge in [-0.05, 0) is 43.5 Å². The highest BCUT2D eigenvalue weighted by atomic mass is 35.5. The first-order valence-electron chi connectivity index (χ1n) is 9.35. The van der Waals surface area contributed by atoms with Crippen molar-refractivity contribution in [1.82, 2.24) is 14.5 Å². The summed E-state index contributed by atoms with van der Waals surface area (Å²) in [6.45, 7) is 0.593. The second-order valence-electron chi connectivity index (χ2n) is 6.46. The third-order valence-electron chi connectivity index (χ3n) is 3.72. The van der Waals surface area contributed by atoms with E-state index >= 15 is 0 Å². The molecule has 136 valence electrons. The first-order chi connectivity index (χ1) is 13.5. The number of aliphatic hydroxyl groups is 1. The fourth-order valence-electron chi connectivity index (χ4n) is 2.38. The van der Waals surface area contributed by atoms with Gasteiger partial charge in [0, 0.05) is 28.5 Å². The SMILES string of the molecule is [2H]C([2H])([2H])n1ccc2cc(Nc3cc(Cl)ccn3)nc(NC(C)(C)CO)c2c1=O. The molecule has 3 rings (SSSR count). The number of aliphatic hydroxyl groups excluding tert-OH is 1. The van der Waals surface area contributed by atoms with E-state index in [0.717, 1.165) is 0 Å². The smallest absolute Gasteiger partial charge is 0.261 e. The summed E-state index contributed by atoms with van der Waals surface area (Å²) in [5, 5.41) is 16.7. The number of pyridine rings is 3. The van der Waals surface area contributed by atoms with E-state index in [1.807, 2.05) is 0 Å². The number of aryl methyl sites for hydroxylation is 1. The maximum atomic E-state index is 12.9. The van der Waals surface area contributed by atoms with Gasteiger partial charge in [-0.25, -0.2) is 9.97 Å². The standard InChI is InChI=1S/C18H20ClN5O2/c1-18(2,10-25)23-16-15-11(5-7-24(3)17(15)26)8-14(22-16)21-13-9-12(19)4-6-20-13/h4-9,25H,10H2,1-3H3,(H2,20,21,22,23)/i3D3. The first-order valence-corrected chi connectivity index (χ1v) is 8.22. The molecule has 3 aromatic heterocycles. The van der Waals surface area contributed by atoms with Gasteiger partial charge in [-0.2, -0.15) is 0 Å². The lowest BCUT2D eigenvalue weighted by molar-refractivity contribution is 0.234. The van der Waals surface area contributed by atoms with E-state index in [2.05, 4.69) is 20.6 Å². The Morgan fingerprint density at radius 1 is 1.35 bits per heavy atom. The molecule has 0 aliphatic heterocycles. The summed E-state index contributed by atoms with van der Waals surface area (Å²) in [5.74, 6) is 0.969. The lowest BCUT2D eigenvalue weighted by atomic mass is 10.1. The molecule has 26 heavy (non-hydrogen) atoms. The molecule has 7 nitrogen and oxygen atoms in total. The van der Waals surface area contributed by atoms with Gasteiger partial charge in [-0.15, -0.1) is 0 Å². The van der Waals surface area contributed by atoms with Gasteiger partial charge in [0.25, 0.3) is 5.56 Å². The molecule has 0 fully saturated rings. The highest BCUT2D eigenvalue weighted by Crippen LogP contribution is 2.26. The van der Waals surface area contributed by atoms with Crippen LogP contribution in [0.1, 0.15) is 18.0 Å². The normalized spacial score (nSPS) is 13.8. The lowest BCUT2D eigenvalue weighted by Gasteiger charge is -2.25. The molecular formula is C18H20ClN5O2. The monoisotopic (exact) mass is 376 g/mol. The number of hydrogen-bond donors (Lipinski definition) is 3. The maximum Gasteiger partial charge on any atom is 0.261 e. The number of fused-ring (bicyclic) bond motifs is 1. The fourth-order valence-corrected chi connectivity index (χ4v) is 2.54. The van der Waals surface area contributed by atoms with E-state index < -0.39 is 18.1 Å². The number of rotatable bonds is 5. The van der Waals surface area contributed by atoms with E-state index in [1.54, 1.807) is 32.0 Å². The van der Waals surface area contributed by atoms with Crippen LogP contribution in [0.4, 0.5) is 17.5 Å². The van der Waals surface area contributed by atoms with Gasteiger partial charge < -0.3 is 20.3 Å². The van der Waals surface area contributed by atoms with Gasteiger partial charge >= 0.3 is 0 Å². The number of nitrogens with zero attached hydrogens (tertiary/aromatic N) is 3. The van der Waals surface area contributed by atoms with E-state index in [4.69, 9.17) is 15.7 Å². The highest BCUT2D eigenvalue weighted by molar-refractivity contribution is 6.30. The Kier molecular flexibility index (Phi) is 3.87. The summed E-state index contributed by atoms with van der Waals surface area (Å²) in [6.07, 6.45) is 2.76. The van der Waals surface area contributed by atoms with Gasteiger partial charge in [0.15, 0.2) is 0 Å². The minimum Gasteiger partial charge on any atom is -0.394 e. The molecule has 0 amide bonds. The topological polar surface area (TPSA) is 92.1 Å². The average molecular weight is 377 g/mol. The molecule has 8 heteroatoms. The Hall–Kier alpha value is -2.64. The molecule has 3 N–H and O–H groups in total. The zero-order chi connectivity index (χ0) is 21.4. The van der Waals surface area contributed by atoms with E-state index in [0.29, 0.717) is 26.6 Å². The van der Waals surface area contributed by atoms with Crippen LogP contribution in [0.3, 0.4) is 0 Å². The largest absolute Gasteiger partial charge is 0.394 e. The third kappa shape index (κ3) is 3.79. The quantitative estimate of drug-likeness (QED) is 0.634. The van der Waals surface area contributed by atoms with Gasteiger partial charge in [0.1, 0.15) is 17.5 Å². The number of aromatic nitrogens is 3. The summed E-state index contributed by atoms with van der Waals surface area (Å²) in [7, 11) is 0. The van der Waals surface area contributed by atoms with E-state index in [-0.39, 0.29) is 17.8 Å². The molecular weight excluding hydrogens is 354 g/mol. The van der Waals surface area contributed by atoms with E-state index in [1.165, 1.54) is 18.5 Å². The first kappa shape index (κ1) is 14.5.